The van der Waals surface area contributed by atoms with Gasteiger partial charge in [-0.2, -0.15) is 0 Å². The van der Waals surface area contributed by atoms with Crippen LogP contribution in [0.15, 0.2) is 17.2 Å². The number of aromatic nitrogens is 1. The van der Waals surface area contributed by atoms with Crippen LogP contribution in [0, 0.1) is 5.92 Å². The van der Waals surface area contributed by atoms with Crippen molar-refractivity contribution in [3.05, 3.63) is 18.0 Å². The Hall–Kier alpha value is -1.87. The van der Waals surface area contributed by atoms with Gasteiger partial charge in [0, 0.05) is 19.3 Å². The minimum atomic E-state index is -3.89. The van der Waals surface area contributed by atoms with Gasteiger partial charge < -0.3 is 15.4 Å². The van der Waals surface area contributed by atoms with Gasteiger partial charge in [0.05, 0.1) is 6.42 Å². The number of sulfonamides is 1. The van der Waals surface area contributed by atoms with Gasteiger partial charge in [-0.3, -0.25) is 9.59 Å². The molecule has 1 aromatic rings. The van der Waals surface area contributed by atoms with Gasteiger partial charge in [-0.15, -0.1) is 0 Å². The molecule has 8 nitrogen and oxygen atoms in total. The largest absolute Gasteiger partial charge is 0.481 e. The summed E-state index contributed by atoms with van der Waals surface area (Å²) in [5.41, 5.74) is 5.21. The van der Waals surface area contributed by atoms with Gasteiger partial charge in [0.2, 0.25) is 10.0 Å². The molecule has 1 aliphatic carbocycles. The fraction of sp³-hybridized carbons (Fsp3) is 0.500. The van der Waals surface area contributed by atoms with Gasteiger partial charge in [0.1, 0.15) is 10.6 Å². The molecular formula is C12H17N3O5S. The minimum absolute atomic E-state index is 0.0511. The zero-order valence-corrected chi connectivity index (χ0v) is 12.3. The number of nitrogens with one attached hydrogen (secondary N) is 1. The summed E-state index contributed by atoms with van der Waals surface area (Å²) in [6.45, 7) is 0. The van der Waals surface area contributed by atoms with E-state index in [0.717, 1.165) is 12.8 Å². The molecule has 1 atom stereocenters. The number of carboxylic acid groups (broad SMARTS) is 1. The van der Waals surface area contributed by atoms with E-state index in [-0.39, 0.29) is 22.9 Å². The number of aliphatic carboxylic acids is 1. The Kier molecular flexibility index (Phi) is 4.06. The van der Waals surface area contributed by atoms with Crippen LogP contribution in [0.1, 0.15) is 29.8 Å². The molecule has 1 aromatic heterocycles. The van der Waals surface area contributed by atoms with Crippen LogP contribution >= 0.6 is 0 Å². The summed E-state index contributed by atoms with van der Waals surface area (Å²) in [6, 6.07) is 0.541. The zero-order chi connectivity index (χ0) is 15.8. The number of primary amides is 1. The highest BCUT2D eigenvalue weighted by molar-refractivity contribution is 7.89. The lowest BCUT2D eigenvalue weighted by Crippen LogP contribution is -2.37. The summed E-state index contributed by atoms with van der Waals surface area (Å²) in [4.78, 5) is 21.9. The predicted octanol–water partition coefficient (Wildman–Crippen LogP) is -0.344. The third kappa shape index (κ3) is 3.61. The van der Waals surface area contributed by atoms with Crippen LogP contribution in [0.5, 0.6) is 0 Å². The molecular weight excluding hydrogens is 298 g/mol. The van der Waals surface area contributed by atoms with Crippen molar-refractivity contribution in [3.63, 3.8) is 0 Å². The van der Waals surface area contributed by atoms with Crippen LogP contribution in [0.2, 0.25) is 0 Å². The zero-order valence-electron chi connectivity index (χ0n) is 11.4. The molecule has 0 aliphatic heterocycles. The molecule has 116 valence electrons. The van der Waals surface area contributed by atoms with Crippen molar-refractivity contribution in [2.45, 2.75) is 30.2 Å². The third-order valence-corrected chi connectivity index (χ3v) is 4.89. The maximum absolute atomic E-state index is 12.3. The lowest BCUT2D eigenvalue weighted by Gasteiger charge is -2.15. The van der Waals surface area contributed by atoms with E-state index >= 15 is 0 Å². The number of hydrogen-bond acceptors (Lipinski definition) is 4. The highest BCUT2D eigenvalue weighted by atomic mass is 32.2. The fourth-order valence-corrected chi connectivity index (χ4v) is 3.56. The first-order valence-electron chi connectivity index (χ1n) is 6.41. The van der Waals surface area contributed by atoms with Crippen LogP contribution < -0.4 is 10.5 Å². The first-order chi connectivity index (χ1) is 9.70. The van der Waals surface area contributed by atoms with Crippen molar-refractivity contribution < 1.29 is 23.1 Å². The summed E-state index contributed by atoms with van der Waals surface area (Å²) < 4.78 is 28.3. The Morgan fingerprint density at radius 3 is 2.57 bits per heavy atom. The fourth-order valence-electron chi connectivity index (χ4n) is 2.18. The molecule has 2 rings (SSSR count). The second-order valence-corrected chi connectivity index (χ2v) is 6.91. The first kappa shape index (κ1) is 15.5. The second-order valence-electron chi connectivity index (χ2n) is 5.20. The van der Waals surface area contributed by atoms with E-state index in [1.54, 1.807) is 0 Å². The van der Waals surface area contributed by atoms with E-state index in [2.05, 4.69) is 4.72 Å². The average molecular weight is 315 g/mol. The number of hydrogen-bond donors (Lipinski definition) is 3. The first-order valence-corrected chi connectivity index (χ1v) is 7.89. The summed E-state index contributed by atoms with van der Waals surface area (Å²) in [6.07, 6.45) is 2.62. The smallest absolute Gasteiger partial charge is 0.304 e. The van der Waals surface area contributed by atoms with Gasteiger partial charge in [-0.05, 0) is 24.8 Å². The monoisotopic (exact) mass is 315 g/mol. The number of nitrogens with two attached hydrogens (primary N) is 1. The van der Waals surface area contributed by atoms with Crippen molar-refractivity contribution in [3.8, 4) is 0 Å². The molecule has 1 fully saturated rings. The number of amides is 1. The Morgan fingerprint density at radius 2 is 2.14 bits per heavy atom. The molecule has 0 aromatic carbocycles. The number of aryl methyl sites for hydroxylation is 1. The quantitative estimate of drug-likeness (QED) is 0.633. The van der Waals surface area contributed by atoms with Crippen molar-refractivity contribution in [1.82, 2.24) is 9.29 Å². The highest BCUT2D eigenvalue weighted by Crippen LogP contribution is 2.34. The summed E-state index contributed by atoms with van der Waals surface area (Å²) in [5, 5.41) is 8.85. The van der Waals surface area contributed by atoms with Crippen molar-refractivity contribution in [1.29, 1.82) is 0 Å². The predicted molar refractivity (Wildman–Crippen MR) is 73.0 cm³/mol. The molecule has 0 saturated heterocycles. The molecule has 0 radical (unpaired) electrons. The van der Waals surface area contributed by atoms with E-state index in [1.165, 1.54) is 23.9 Å². The van der Waals surface area contributed by atoms with Gasteiger partial charge >= 0.3 is 5.97 Å². The number of carboxylic acids is 1. The SMILES string of the molecule is Cn1cc(S(=O)(=O)NC(CC(=O)O)C2CC2)cc1C(N)=O. The second kappa shape index (κ2) is 5.49. The van der Waals surface area contributed by atoms with Crippen LogP contribution in [0.25, 0.3) is 0 Å². The molecule has 1 heterocycles. The Balaban J connectivity index is 2.22. The summed E-state index contributed by atoms with van der Waals surface area (Å²) in [7, 11) is -2.38. The van der Waals surface area contributed by atoms with E-state index in [0.29, 0.717) is 0 Å². The molecule has 4 N–H and O–H groups in total. The Labute approximate surface area is 122 Å². The van der Waals surface area contributed by atoms with Gasteiger partial charge in [-0.25, -0.2) is 13.1 Å². The highest BCUT2D eigenvalue weighted by Gasteiger charge is 2.36. The Bertz CT molecular complexity index is 675. The van der Waals surface area contributed by atoms with Crippen LogP contribution in [-0.2, 0) is 21.9 Å². The van der Waals surface area contributed by atoms with E-state index in [4.69, 9.17) is 10.8 Å². The van der Waals surface area contributed by atoms with Gasteiger partial charge in [-0.1, -0.05) is 0 Å². The van der Waals surface area contributed by atoms with E-state index in [1.807, 2.05) is 0 Å². The van der Waals surface area contributed by atoms with Crippen molar-refractivity contribution in [2.75, 3.05) is 0 Å². The van der Waals surface area contributed by atoms with Gasteiger partial charge in [0.15, 0.2) is 0 Å². The van der Waals surface area contributed by atoms with Crippen molar-refractivity contribution in [2.24, 2.45) is 18.7 Å². The van der Waals surface area contributed by atoms with Crippen molar-refractivity contribution >= 4 is 21.9 Å². The number of carbonyl (C=O) groups is 2. The minimum Gasteiger partial charge on any atom is -0.481 e. The van der Waals surface area contributed by atoms with Crippen LogP contribution in [0.3, 0.4) is 0 Å². The molecule has 1 amide bonds. The molecule has 1 aliphatic rings. The number of carbonyl (C=O) groups excluding carboxylic acids is 1. The molecule has 9 heteroatoms. The standard InChI is InChI=1S/C12H17N3O5S/c1-15-6-8(4-10(15)12(13)18)21(19,20)14-9(5-11(16)17)7-2-3-7/h4,6-7,9,14H,2-3,5H2,1H3,(H2,13,18)(H,16,17). The maximum Gasteiger partial charge on any atom is 0.304 e. The number of rotatable bonds is 7. The normalized spacial score (nSPS) is 16.6. The summed E-state index contributed by atoms with van der Waals surface area (Å²) in [5.74, 6) is -1.74. The Morgan fingerprint density at radius 1 is 1.52 bits per heavy atom. The molecule has 21 heavy (non-hydrogen) atoms. The molecule has 0 spiro atoms. The summed E-state index contributed by atoms with van der Waals surface area (Å²) >= 11 is 0. The molecule has 1 unspecified atom stereocenters. The number of nitrogens with zero attached hydrogens (tertiary/aromatic N) is 1. The third-order valence-electron chi connectivity index (χ3n) is 3.43. The van der Waals surface area contributed by atoms with E-state index in [9.17, 15) is 18.0 Å². The lowest BCUT2D eigenvalue weighted by molar-refractivity contribution is -0.137. The van der Waals surface area contributed by atoms with E-state index < -0.39 is 27.9 Å². The maximum atomic E-state index is 12.3. The van der Waals surface area contributed by atoms with Gasteiger partial charge in [0.25, 0.3) is 5.91 Å². The van der Waals surface area contributed by atoms with Crippen LogP contribution in [-0.4, -0.2) is 36.0 Å². The molecule has 1 saturated carbocycles. The lowest BCUT2D eigenvalue weighted by atomic mass is 10.1. The van der Waals surface area contributed by atoms with Crippen LogP contribution in [0.4, 0.5) is 0 Å². The topological polar surface area (TPSA) is 131 Å². The molecule has 0 bridgehead atoms. The average Bonchev–Trinajstić information content (AvgIpc) is 3.10.